The molecule has 0 aliphatic heterocycles. The van der Waals surface area contributed by atoms with Gasteiger partial charge in [-0.1, -0.05) is 51.1 Å². The Kier molecular flexibility index (Phi) is 7.32. The molecule has 0 bridgehead atoms. The van der Waals surface area contributed by atoms with Crippen molar-refractivity contribution in [2.24, 2.45) is 11.0 Å². The van der Waals surface area contributed by atoms with Crippen LogP contribution >= 0.6 is 0 Å². The second-order valence-corrected chi connectivity index (χ2v) is 9.73. The van der Waals surface area contributed by atoms with Crippen LogP contribution in [-0.2, 0) is 5.41 Å². The van der Waals surface area contributed by atoms with Gasteiger partial charge in [-0.15, -0.1) is 0 Å². The van der Waals surface area contributed by atoms with Crippen LogP contribution in [0.25, 0.3) is 0 Å². The van der Waals surface area contributed by atoms with Crippen molar-refractivity contribution < 1.29 is 9.59 Å². The van der Waals surface area contributed by atoms with Gasteiger partial charge in [-0.3, -0.25) is 9.59 Å². The van der Waals surface area contributed by atoms with E-state index in [1.807, 2.05) is 38.1 Å². The van der Waals surface area contributed by atoms with Crippen LogP contribution in [0.4, 0.5) is 5.69 Å². The zero-order chi connectivity index (χ0) is 24.2. The molecule has 33 heavy (non-hydrogen) atoms. The van der Waals surface area contributed by atoms with E-state index in [2.05, 4.69) is 49.3 Å². The summed E-state index contributed by atoms with van der Waals surface area (Å²) in [5, 5.41) is 7.22. The molecule has 1 aliphatic rings. The number of carbonyl (C=O) groups is 2. The molecule has 5 nitrogen and oxygen atoms in total. The van der Waals surface area contributed by atoms with Crippen molar-refractivity contribution in [3.8, 4) is 0 Å². The molecule has 2 aromatic carbocycles. The first-order valence-electron chi connectivity index (χ1n) is 11.3. The van der Waals surface area contributed by atoms with E-state index in [-0.39, 0.29) is 17.2 Å². The number of nitrogens with one attached hydrogen (secondary N) is 2. The first-order valence-corrected chi connectivity index (χ1v) is 11.3. The summed E-state index contributed by atoms with van der Waals surface area (Å²) in [5.41, 5.74) is 8.64. The van der Waals surface area contributed by atoms with Crippen LogP contribution in [0.5, 0.6) is 0 Å². The summed E-state index contributed by atoms with van der Waals surface area (Å²) in [6.07, 6.45) is 3.88. The maximum atomic E-state index is 12.6. The molecule has 2 aromatic rings. The highest BCUT2D eigenvalue weighted by Gasteiger charge is 2.19. The van der Waals surface area contributed by atoms with Crippen molar-refractivity contribution in [3.05, 3.63) is 89.0 Å². The van der Waals surface area contributed by atoms with Crippen LogP contribution in [0.1, 0.15) is 73.7 Å². The molecular formula is C28H33N3O2. The number of rotatable bonds is 5. The minimum atomic E-state index is -0.289. The van der Waals surface area contributed by atoms with E-state index >= 15 is 0 Å². The van der Waals surface area contributed by atoms with E-state index in [1.54, 1.807) is 24.3 Å². The summed E-state index contributed by atoms with van der Waals surface area (Å²) in [5.74, 6) is -0.119. The minimum Gasteiger partial charge on any atom is -0.322 e. The minimum absolute atomic E-state index is 0.0362. The molecule has 2 N–H and O–H groups in total. The van der Waals surface area contributed by atoms with Crippen LogP contribution < -0.4 is 10.7 Å². The molecule has 0 fully saturated rings. The van der Waals surface area contributed by atoms with Gasteiger partial charge in [0.05, 0.1) is 5.71 Å². The summed E-state index contributed by atoms with van der Waals surface area (Å²) in [6, 6.07) is 14.4. The molecule has 0 heterocycles. The maximum absolute atomic E-state index is 12.6. The SMILES string of the molecule is C=C(C)[C@@H]1CC=C(C)/C(=N/NC(=O)c2ccc(NC(=O)c3ccc(C(C)(C)C)cc3)cc2)C1. The van der Waals surface area contributed by atoms with Gasteiger partial charge < -0.3 is 5.32 Å². The lowest BCUT2D eigenvalue weighted by atomic mass is 9.85. The third kappa shape index (κ3) is 6.28. The molecule has 0 saturated carbocycles. The van der Waals surface area contributed by atoms with E-state index in [9.17, 15) is 9.59 Å². The number of benzene rings is 2. The van der Waals surface area contributed by atoms with Gasteiger partial charge in [-0.05, 0) is 85.6 Å². The number of amides is 2. The molecule has 3 rings (SSSR count). The highest BCUT2D eigenvalue weighted by Crippen LogP contribution is 2.26. The molecule has 1 atom stereocenters. The zero-order valence-corrected chi connectivity index (χ0v) is 20.2. The number of hydrazone groups is 1. The van der Waals surface area contributed by atoms with Crippen LogP contribution in [0, 0.1) is 5.92 Å². The summed E-state index contributed by atoms with van der Waals surface area (Å²) >= 11 is 0. The number of hydrogen-bond donors (Lipinski definition) is 2. The molecule has 0 spiro atoms. The lowest BCUT2D eigenvalue weighted by molar-refractivity contribution is 0.0954. The normalized spacial score (nSPS) is 17.3. The van der Waals surface area contributed by atoms with Crippen molar-refractivity contribution in [2.75, 3.05) is 5.32 Å². The molecule has 1 aliphatic carbocycles. The van der Waals surface area contributed by atoms with Gasteiger partial charge in [0.25, 0.3) is 11.8 Å². The van der Waals surface area contributed by atoms with Crippen LogP contribution in [0.3, 0.4) is 0 Å². The summed E-state index contributed by atoms with van der Waals surface area (Å²) in [7, 11) is 0. The lowest BCUT2D eigenvalue weighted by Crippen LogP contribution is -2.23. The molecule has 0 unspecified atom stereocenters. The molecule has 172 valence electrons. The van der Waals surface area contributed by atoms with Gasteiger partial charge in [-0.25, -0.2) is 5.43 Å². The average molecular weight is 444 g/mol. The topological polar surface area (TPSA) is 70.6 Å². The van der Waals surface area contributed by atoms with Crippen molar-refractivity contribution in [3.63, 3.8) is 0 Å². The molecule has 0 saturated heterocycles. The molecule has 0 aromatic heterocycles. The Morgan fingerprint density at radius 1 is 0.970 bits per heavy atom. The first kappa shape index (κ1) is 24.2. The second kappa shape index (κ2) is 9.99. The summed E-state index contributed by atoms with van der Waals surface area (Å²) in [6.45, 7) is 14.5. The average Bonchev–Trinajstić information content (AvgIpc) is 2.78. The Morgan fingerprint density at radius 3 is 2.12 bits per heavy atom. The Hall–Kier alpha value is -3.47. The Balaban J connectivity index is 1.61. The van der Waals surface area contributed by atoms with E-state index < -0.39 is 0 Å². The zero-order valence-electron chi connectivity index (χ0n) is 20.2. The van der Waals surface area contributed by atoms with Crippen molar-refractivity contribution in [2.45, 2.75) is 52.9 Å². The monoisotopic (exact) mass is 443 g/mol. The highest BCUT2D eigenvalue weighted by atomic mass is 16.2. The third-order valence-electron chi connectivity index (χ3n) is 6.01. The standard InChI is InChI=1S/C28H33N3O2/c1-18(2)22-8-7-19(3)25(17-22)30-31-27(33)21-11-15-24(16-12-21)29-26(32)20-9-13-23(14-10-20)28(4,5)6/h7,9-16,22H,1,8,17H2,2-6H3,(H,29,32)(H,31,33)/b30-25+/t22-/m1/s1. The van der Waals surface area contributed by atoms with Gasteiger partial charge in [0.2, 0.25) is 0 Å². The number of anilines is 1. The predicted molar refractivity (Wildman–Crippen MR) is 136 cm³/mol. The second-order valence-electron chi connectivity index (χ2n) is 9.73. The number of allylic oxidation sites excluding steroid dienone is 3. The highest BCUT2D eigenvalue weighted by molar-refractivity contribution is 6.05. The fourth-order valence-corrected chi connectivity index (χ4v) is 3.64. The van der Waals surface area contributed by atoms with Gasteiger partial charge in [0.1, 0.15) is 0 Å². The summed E-state index contributed by atoms with van der Waals surface area (Å²) < 4.78 is 0. The quantitative estimate of drug-likeness (QED) is 0.423. The molecule has 0 radical (unpaired) electrons. The van der Waals surface area contributed by atoms with Gasteiger partial charge in [0, 0.05) is 16.8 Å². The Labute approximate surface area is 196 Å². The number of hydrogen-bond acceptors (Lipinski definition) is 3. The number of nitrogens with zero attached hydrogens (tertiary/aromatic N) is 1. The number of carbonyl (C=O) groups excluding carboxylic acids is 2. The van der Waals surface area contributed by atoms with Crippen LogP contribution in [0.2, 0.25) is 0 Å². The van der Waals surface area contributed by atoms with Crippen molar-refractivity contribution >= 4 is 23.2 Å². The summed E-state index contributed by atoms with van der Waals surface area (Å²) in [4.78, 5) is 25.1. The first-order chi connectivity index (χ1) is 15.5. The van der Waals surface area contributed by atoms with Crippen LogP contribution in [0.15, 0.2) is 77.4 Å². The Morgan fingerprint density at radius 2 is 1.55 bits per heavy atom. The molecular weight excluding hydrogens is 410 g/mol. The fourth-order valence-electron chi connectivity index (χ4n) is 3.64. The van der Waals surface area contributed by atoms with Gasteiger partial charge in [0.15, 0.2) is 0 Å². The van der Waals surface area contributed by atoms with E-state index in [1.165, 1.54) is 5.56 Å². The van der Waals surface area contributed by atoms with Crippen LogP contribution in [-0.4, -0.2) is 17.5 Å². The van der Waals surface area contributed by atoms with Gasteiger partial charge in [-0.2, -0.15) is 5.10 Å². The van der Waals surface area contributed by atoms with E-state index in [0.717, 1.165) is 29.7 Å². The van der Waals surface area contributed by atoms with Gasteiger partial charge >= 0.3 is 0 Å². The molecule has 5 heteroatoms. The third-order valence-corrected chi connectivity index (χ3v) is 6.01. The molecule has 2 amide bonds. The maximum Gasteiger partial charge on any atom is 0.271 e. The van der Waals surface area contributed by atoms with E-state index in [4.69, 9.17) is 0 Å². The largest absolute Gasteiger partial charge is 0.322 e. The van der Waals surface area contributed by atoms with Crippen molar-refractivity contribution in [1.82, 2.24) is 5.43 Å². The smallest absolute Gasteiger partial charge is 0.271 e. The van der Waals surface area contributed by atoms with Crippen molar-refractivity contribution in [1.29, 1.82) is 0 Å². The Bertz CT molecular complexity index is 1100. The van der Waals surface area contributed by atoms with E-state index in [0.29, 0.717) is 22.7 Å². The predicted octanol–water partition coefficient (Wildman–Crippen LogP) is 6.25. The lowest BCUT2D eigenvalue weighted by Gasteiger charge is -2.22. The fraction of sp³-hybridized carbons (Fsp3) is 0.321.